The molecule has 0 bridgehead atoms. The van der Waals surface area contributed by atoms with E-state index in [1.165, 1.54) is 30.6 Å². The first-order chi connectivity index (χ1) is 10.2. The van der Waals surface area contributed by atoms with E-state index in [-0.39, 0.29) is 5.91 Å². The lowest BCUT2D eigenvalue weighted by Gasteiger charge is -2.13. The highest BCUT2D eigenvalue weighted by molar-refractivity contribution is 7.13. The van der Waals surface area contributed by atoms with Crippen molar-refractivity contribution < 1.29 is 4.79 Å². The normalized spacial score (nSPS) is 15.5. The molecular formula is C14H17N5OS. The number of carbonyl (C=O) groups excluding carboxylic acids is 1. The Kier molecular flexibility index (Phi) is 3.83. The molecule has 2 aromatic heterocycles. The van der Waals surface area contributed by atoms with Gasteiger partial charge in [0.05, 0.1) is 5.56 Å². The molecule has 0 unspecified atom stereocenters. The molecule has 1 aliphatic carbocycles. The lowest BCUT2D eigenvalue weighted by atomic mass is 10.0. The molecule has 1 saturated carbocycles. The predicted octanol–water partition coefficient (Wildman–Crippen LogP) is 2.79. The van der Waals surface area contributed by atoms with Gasteiger partial charge in [0.2, 0.25) is 5.13 Å². The Morgan fingerprint density at radius 3 is 2.86 bits per heavy atom. The maximum atomic E-state index is 12.0. The number of nitrogens with zero attached hydrogens (tertiary/aromatic N) is 3. The summed E-state index contributed by atoms with van der Waals surface area (Å²) < 4.78 is 0. The predicted molar refractivity (Wildman–Crippen MR) is 82.5 cm³/mol. The van der Waals surface area contributed by atoms with Crippen LogP contribution in [-0.2, 0) is 0 Å². The van der Waals surface area contributed by atoms with E-state index in [0.717, 1.165) is 12.4 Å². The fourth-order valence-corrected chi connectivity index (χ4v) is 2.58. The van der Waals surface area contributed by atoms with E-state index >= 15 is 0 Å². The van der Waals surface area contributed by atoms with Crippen molar-refractivity contribution in [1.29, 1.82) is 0 Å². The van der Waals surface area contributed by atoms with Gasteiger partial charge in [0.1, 0.15) is 11.3 Å². The van der Waals surface area contributed by atoms with Crippen LogP contribution in [0.25, 0.3) is 0 Å². The molecule has 0 radical (unpaired) electrons. The first-order valence-electron chi connectivity index (χ1n) is 6.98. The van der Waals surface area contributed by atoms with E-state index in [4.69, 9.17) is 0 Å². The van der Waals surface area contributed by atoms with Crippen LogP contribution in [0.4, 0.5) is 10.9 Å². The third-order valence-electron chi connectivity index (χ3n) is 3.96. The highest BCUT2D eigenvalue weighted by Gasteiger charge is 2.40. The second-order valence-electron chi connectivity index (χ2n) is 5.34. The van der Waals surface area contributed by atoms with Gasteiger partial charge in [0, 0.05) is 12.7 Å². The van der Waals surface area contributed by atoms with Crippen molar-refractivity contribution in [3.05, 3.63) is 29.4 Å². The monoisotopic (exact) mass is 303 g/mol. The minimum atomic E-state index is -0.224. The largest absolute Gasteiger partial charge is 0.370 e. The quantitative estimate of drug-likeness (QED) is 0.857. The topological polar surface area (TPSA) is 79.8 Å². The molecule has 6 nitrogen and oxygen atoms in total. The molecule has 7 heteroatoms. The Morgan fingerprint density at radius 2 is 2.29 bits per heavy atom. The second-order valence-corrected chi connectivity index (χ2v) is 6.17. The zero-order valence-corrected chi connectivity index (χ0v) is 12.6. The number of anilines is 2. The third kappa shape index (κ3) is 3.36. The molecule has 3 rings (SSSR count). The molecule has 2 N–H and O–H groups in total. The molecule has 0 atom stereocenters. The average molecular weight is 303 g/mol. The highest BCUT2D eigenvalue weighted by Crippen LogP contribution is 2.48. The van der Waals surface area contributed by atoms with E-state index in [0.29, 0.717) is 16.1 Å². The summed E-state index contributed by atoms with van der Waals surface area (Å²) in [7, 11) is 0. The fraction of sp³-hybridized carbons (Fsp3) is 0.429. The van der Waals surface area contributed by atoms with Gasteiger partial charge in [-0.25, -0.2) is 4.98 Å². The van der Waals surface area contributed by atoms with Crippen LogP contribution in [0.2, 0.25) is 0 Å². The maximum Gasteiger partial charge on any atom is 0.259 e. The van der Waals surface area contributed by atoms with Crippen molar-refractivity contribution >= 4 is 28.2 Å². The number of rotatable bonds is 6. The van der Waals surface area contributed by atoms with E-state index in [1.807, 2.05) is 6.07 Å². The van der Waals surface area contributed by atoms with Crippen molar-refractivity contribution in [3.63, 3.8) is 0 Å². The molecule has 2 aromatic rings. The van der Waals surface area contributed by atoms with Gasteiger partial charge in [-0.15, -0.1) is 10.2 Å². The smallest absolute Gasteiger partial charge is 0.259 e. The summed E-state index contributed by atoms with van der Waals surface area (Å²) in [6.07, 6.45) is 5.35. The van der Waals surface area contributed by atoms with Crippen LogP contribution in [0.3, 0.4) is 0 Å². The Morgan fingerprint density at radius 1 is 1.43 bits per heavy atom. The zero-order valence-electron chi connectivity index (χ0n) is 11.8. The standard InChI is InChI=1S/C14H17N5OS/c1-2-14(5-6-14)8-16-11-4-3-10(7-15-11)12(20)18-13-19-17-9-21-13/h3-4,7,9H,2,5-6,8H2,1H3,(H,15,16)(H,18,19,20). The summed E-state index contributed by atoms with van der Waals surface area (Å²) in [4.78, 5) is 16.3. The maximum absolute atomic E-state index is 12.0. The van der Waals surface area contributed by atoms with Gasteiger partial charge in [0.25, 0.3) is 5.91 Å². The van der Waals surface area contributed by atoms with Gasteiger partial charge in [-0.05, 0) is 36.8 Å². The Labute approximate surface area is 127 Å². The minimum Gasteiger partial charge on any atom is -0.370 e. The van der Waals surface area contributed by atoms with Crippen LogP contribution in [0, 0.1) is 5.41 Å². The first kappa shape index (κ1) is 13.9. The Balaban J connectivity index is 1.57. The summed E-state index contributed by atoms with van der Waals surface area (Å²) >= 11 is 1.28. The van der Waals surface area contributed by atoms with Crippen LogP contribution >= 0.6 is 11.3 Å². The Bertz CT molecular complexity index is 607. The second kappa shape index (κ2) is 5.77. The number of hydrogen-bond acceptors (Lipinski definition) is 6. The molecular weight excluding hydrogens is 286 g/mol. The van der Waals surface area contributed by atoms with Crippen LogP contribution in [0.5, 0.6) is 0 Å². The van der Waals surface area contributed by atoms with Crippen LogP contribution in [-0.4, -0.2) is 27.6 Å². The van der Waals surface area contributed by atoms with Crippen LogP contribution in [0.1, 0.15) is 36.5 Å². The highest BCUT2D eigenvalue weighted by atomic mass is 32.1. The van der Waals surface area contributed by atoms with Gasteiger partial charge in [-0.1, -0.05) is 18.3 Å². The summed E-state index contributed by atoms with van der Waals surface area (Å²) in [5, 5.41) is 14.0. The first-order valence-corrected chi connectivity index (χ1v) is 7.86. The number of amides is 1. The van der Waals surface area contributed by atoms with Gasteiger partial charge < -0.3 is 5.32 Å². The summed E-state index contributed by atoms with van der Waals surface area (Å²) in [6.45, 7) is 3.18. The van der Waals surface area contributed by atoms with Gasteiger partial charge in [-0.3, -0.25) is 10.1 Å². The van der Waals surface area contributed by atoms with Crippen molar-refractivity contribution in [2.24, 2.45) is 5.41 Å². The summed E-state index contributed by atoms with van der Waals surface area (Å²) in [6, 6.07) is 3.60. The SMILES string of the molecule is CCC1(CNc2ccc(C(=O)Nc3nncs3)cn2)CC1. The van der Waals surface area contributed by atoms with Crippen molar-refractivity contribution in [1.82, 2.24) is 15.2 Å². The molecule has 1 fully saturated rings. The lowest BCUT2D eigenvalue weighted by Crippen LogP contribution is -2.16. The Hall–Kier alpha value is -2.02. The third-order valence-corrected chi connectivity index (χ3v) is 4.56. The van der Waals surface area contributed by atoms with E-state index in [1.54, 1.807) is 17.8 Å². The molecule has 0 spiro atoms. The number of pyridine rings is 1. The molecule has 110 valence electrons. The lowest BCUT2D eigenvalue weighted by molar-refractivity contribution is 0.102. The summed E-state index contributed by atoms with van der Waals surface area (Å²) in [5.41, 5.74) is 2.55. The van der Waals surface area contributed by atoms with Crippen LogP contribution < -0.4 is 10.6 Å². The minimum absolute atomic E-state index is 0.224. The molecule has 1 amide bonds. The molecule has 0 saturated heterocycles. The average Bonchev–Trinajstić information content (AvgIpc) is 3.13. The molecule has 21 heavy (non-hydrogen) atoms. The fourth-order valence-electron chi connectivity index (χ4n) is 2.14. The van der Waals surface area contributed by atoms with Crippen molar-refractivity contribution in [2.75, 3.05) is 17.2 Å². The molecule has 1 aliphatic rings. The molecule has 0 aliphatic heterocycles. The number of nitrogens with one attached hydrogen (secondary N) is 2. The molecule has 0 aromatic carbocycles. The van der Waals surface area contributed by atoms with Crippen molar-refractivity contribution in [3.8, 4) is 0 Å². The zero-order chi connectivity index (χ0) is 14.7. The number of aromatic nitrogens is 3. The summed E-state index contributed by atoms with van der Waals surface area (Å²) in [5.74, 6) is 0.584. The molecule has 2 heterocycles. The van der Waals surface area contributed by atoms with E-state index in [2.05, 4.69) is 32.7 Å². The van der Waals surface area contributed by atoms with E-state index in [9.17, 15) is 4.79 Å². The van der Waals surface area contributed by atoms with Crippen LogP contribution in [0.15, 0.2) is 23.8 Å². The van der Waals surface area contributed by atoms with Gasteiger partial charge >= 0.3 is 0 Å². The number of hydrogen-bond donors (Lipinski definition) is 2. The van der Waals surface area contributed by atoms with Gasteiger partial charge in [0.15, 0.2) is 0 Å². The van der Waals surface area contributed by atoms with E-state index < -0.39 is 0 Å². The van der Waals surface area contributed by atoms with Crippen molar-refractivity contribution in [2.45, 2.75) is 26.2 Å². The number of carbonyl (C=O) groups is 1. The van der Waals surface area contributed by atoms with Gasteiger partial charge in [-0.2, -0.15) is 0 Å².